The zero-order chi connectivity index (χ0) is 13.8. The van der Waals surface area contributed by atoms with Gasteiger partial charge in [0.25, 0.3) is 5.91 Å². The Morgan fingerprint density at radius 3 is 2.89 bits per heavy atom. The molecule has 1 aliphatic heterocycles. The summed E-state index contributed by atoms with van der Waals surface area (Å²) in [5.74, 6) is -0.175. The summed E-state index contributed by atoms with van der Waals surface area (Å²) in [7, 11) is 0. The zero-order valence-corrected chi connectivity index (χ0v) is 13.3. The Morgan fingerprint density at radius 2 is 2.32 bits per heavy atom. The van der Waals surface area contributed by atoms with Crippen molar-refractivity contribution < 1.29 is 9.59 Å². The number of aromatic nitrogens is 2. The fourth-order valence-corrected chi connectivity index (χ4v) is 3.93. The number of hydrogen-bond acceptors (Lipinski definition) is 8. The van der Waals surface area contributed by atoms with Gasteiger partial charge in [0.15, 0.2) is 9.51 Å². The average molecular weight is 334 g/mol. The van der Waals surface area contributed by atoms with Crippen LogP contribution in [0.5, 0.6) is 0 Å². The molecule has 0 bridgehead atoms. The van der Waals surface area contributed by atoms with Gasteiger partial charge in [-0.15, -0.1) is 0 Å². The lowest BCUT2D eigenvalue weighted by Crippen LogP contribution is -2.29. The van der Waals surface area contributed by atoms with Gasteiger partial charge in [0.1, 0.15) is 0 Å². The van der Waals surface area contributed by atoms with Gasteiger partial charge in [-0.1, -0.05) is 35.3 Å². The molecular formula is C9H10N4O2S4. The summed E-state index contributed by atoms with van der Waals surface area (Å²) in [6, 6.07) is 0. The second kappa shape index (κ2) is 6.73. The molecule has 0 radical (unpaired) electrons. The second-order valence-corrected chi connectivity index (χ2v) is 7.48. The van der Waals surface area contributed by atoms with Gasteiger partial charge >= 0.3 is 0 Å². The van der Waals surface area contributed by atoms with Gasteiger partial charge in [0.2, 0.25) is 11.1 Å². The lowest BCUT2D eigenvalue weighted by Gasteiger charge is -2.02. The molecular weight excluding hydrogens is 324 g/mol. The predicted octanol–water partition coefficient (Wildman–Crippen LogP) is 1.49. The molecule has 102 valence electrons. The van der Waals surface area contributed by atoms with E-state index < -0.39 is 0 Å². The number of nitrogens with one attached hydrogen (secondary N) is 1. The van der Waals surface area contributed by atoms with Crippen LogP contribution in [0.1, 0.15) is 6.92 Å². The molecule has 0 unspecified atom stereocenters. The quantitative estimate of drug-likeness (QED) is 0.835. The van der Waals surface area contributed by atoms with Crippen molar-refractivity contribution in [3.8, 4) is 0 Å². The van der Waals surface area contributed by atoms with E-state index in [2.05, 4.69) is 19.7 Å². The van der Waals surface area contributed by atoms with E-state index in [0.717, 1.165) is 4.34 Å². The van der Waals surface area contributed by atoms with Crippen molar-refractivity contribution in [1.29, 1.82) is 0 Å². The molecule has 2 rings (SSSR count). The maximum absolute atomic E-state index is 11.7. The summed E-state index contributed by atoms with van der Waals surface area (Å²) < 4.78 is 4.86. The topological polar surface area (TPSA) is 84.3 Å². The van der Waals surface area contributed by atoms with Crippen LogP contribution in [0.2, 0.25) is 0 Å². The van der Waals surface area contributed by atoms with Gasteiger partial charge in [-0.2, -0.15) is 9.37 Å². The maximum atomic E-state index is 11.7. The standard InChI is InChI=1S/C9H10N4O2S4/c1-4-6(15)11-7(18-4)10-5(14)3-17-9-12-8(16-2)13-19-9/h4H,3H2,1-2H3,(H,10,11,14,15)/t4-/m1/s1. The molecule has 0 saturated heterocycles. The molecule has 0 saturated carbocycles. The first-order chi connectivity index (χ1) is 9.08. The predicted molar refractivity (Wildman–Crippen MR) is 80.1 cm³/mol. The SMILES string of the molecule is CSc1nsc(SCC(=O)NC2=NC(=O)[C@@H](C)S2)n1. The third kappa shape index (κ3) is 4.20. The van der Waals surface area contributed by atoms with Gasteiger partial charge in [0.05, 0.1) is 11.0 Å². The van der Waals surface area contributed by atoms with Crippen molar-refractivity contribution in [2.45, 2.75) is 21.7 Å². The van der Waals surface area contributed by atoms with Crippen LogP contribution in [0, 0.1) is 0 Å². The molecule has 1 N–H and O–H groups in total. The number of aliphatic imine (C=N–C) groups is 1. The Bertz CT molecular complexity index is 530. The number of carbonyl (C=O) groups is 2. The molecule has 2 heterocycles. The van der Waals surface area contributed by atoms with Crippen LogP contribution in [-0.2, 0) is 9.59 Å². The highest BCUT2D eigenvalue weighted by atomic mass is 32.2. The number of amidine groups is 1. The Kier molecular flexibility index (Phi) is 5.25. The van der Waals surface area contributed by atoms with E-state index in [1.54, 1.807) is 6.92 Å². The minimum atomic E-state index is -0.213. The van der Waals surface area contributed by atoms with Crippen LogP contribution in [0.3, 0.4) is 0 Å². The number of nitrogens with zero attached hydrogens (tertiary/aromatic N) is 3. The Balaban J connectivity index is 1.79. The Morgan fingerprint density at radius 1 is 1.53 bits per heavy atom. The molecule has 19 heavy (non-hydrogen) atoms. The molecule has 2 amide bonds. The smallest absolute Gasteiger partial charge is 0.261 e. The fraction of sp³-hybridized carbons (Fsp3) is 0.444. The van der Waals surface area contributed by atoms with E-state index in [1.807, 2.05) is 6.26 Å². The highest BCUT2D eigenvalue weighted by molar-refractivity contribution is 8.15. The fourth-order valence-electron chi connectivity index (χ4n) is 1.11. The van der Waals surface area contributed by atoms with E-state index in [1.165, 1.54) is 46.8 Å². The van der Waals surface area contributed by atoms with Crippen LogP contribution < -0.4 is 5.32 Å². The summed E-state index contributed by atoms with van der Waals surface area (Å²) in [6.07, 6.45) is 1.90. The van der Waals surface area contributed by atoms with Gasteiger partial charge in [-0.3, -0.25) is 9.59 Å². The minimum absolute atomic E-state index is 0.195. The molecule has 1 aromatic heterocycles. The van der Waals surface area contributed by atoms with E-state index in [9.17, 15) is 9.59 Å². The van der Waals surface area contributed by atoms with Crippen LogP contribution in [0.25, 0.3) is 0 Å². The van der Waals surface area contributed by atoms with Gasteiger partial charge in [0, 0.05) is 0 Å². The highest BCUT2D eigenvalue weighted by Crippen LogP contribution is 2.24. The van der Waals surface area contributed by atoms with Crippen LogP contribution in [-0.4, -0.2) is 43.6 Å². The van der Waals surface area contributed by atoms with Crippen molar-refractivity contribution >= 4 is 63.8 Å². The number of carbonyl (C=O) groups excluding carboxylic acids is 2. The van der Waals surface area contributed by atoms with E-state index in [0.29, 0.717) is 10.3 Å². The third-order valence-corrected chi connectivity index (χ3v) is 5.46. The molecule has 0 spiro atoms. The Hall–Kier alpha value is -0.580. The maximum Gasteiger partial charge on any atom is 0.261 e. The molecule has 0 aromatic carbocycles. The van der Waals surface area contributed by atoms with Crippen molar-refractivity contribution in [3.05, 3.63) is 0 Å². The second-order valence-electron chi connectivity index (χ2n) is 3.40. The lowest BCUT2D eigenvalue weighted by atomic mass is 10.5. The number of rotatable bonds is 4. The van der Waals surface area contributed by atoms with E-state index in [-0.39, 0.29) is 22.8 Å². The van der Waals surface area contributed by atoms with E-state index in [4.69, 9.17) is 0 Å². The van der Waals surface area contributed by atoms with Crippen LogP contribution >= 0.6 is 46.8 Å². The van der Waals surface area contributed by atoms with Gasteiger partial charge in [-0.05, 0) is 24.7 Å². The first-order valence-corrected chi connectivity index (χ1v) is 9.04. The average Bonchev–Trinajstić information content (AvgIpc) is 2.94. The van der Waals surface area contributed by atoms with Crippen LogP contribution in [0.15, 0.2) is 14.5 Å². The summed E-state index contributed by atoms with van der Waals surface area (Å²) in [5.41, 5.74) is 0. The van der Waals surface area contributed by atoms with Crippen LogP contribution in [0.4, 0.5) is 0 Å². The summed E-state index contributed by atoms with van der Waals surface area (Å²) >= 11 is 5.32. The number of amides is 2. The Labute approximate surface area is 126 Å². The first kappa shape index (κ1) is 14.8. The van der Waals surface area contributed by atoms with E-state index >= 15 is 0 Å². The number of hydrogen-bond donors (Lipinski definition) is 1. The zero-order valence-electron chi connectivity index (χ0n) is 10.1. The number of thioether (sulfide) groups is 3. The first-order valence-electron chi connectivity index (χ1n) is 5.18. The van der Waals surface area contributed by atoms with Crippen molar-refractivity contribution in [2.75, 3.05) is 12.0 Å². The lowest BCUT2D eigenvalue weighted by molar-refractivity contribution is -0.117. The minimum Gasteiger partial charge on any atom is -0.304 e. The summed E-state index contributed by atoms with van der Waals surface area (Å²) in [5, 5.41) is 3.49. The third-order valence-electron chi connectivity index (χ3n) is 1.99. The molecule has 10 heteroatoms. The van der Waals surface area contributed by atoms with Gasteiger partial charge < -0.3 is 5.32 Å². The summed E-state index contributed by atoms with van der Waals surface area (Å²) in [6.45, 7) is 1.76. The van der Waals surface area contributed by atoms with Crippen molar-refractivity contribution in [2.24, 2.45) is 4.99 Å². The molecule has 6 nitrogen and oxygen atoms in total. The monoisotopic (exact) mass is 334 g/mol. The normalized spacial score (nSPS) is 18.5. The molecule has 0 fully saturated rings. The molecule has 1 aromatic rings. The van der Waals surface area contributed by atoms with Gasteiger partial charge in [-0.25, -0.2) is 4.98 Å². The molecule has 1 aliphatic rings. The summed E-state index contributed by atoms with van der Waals surface area (Å²) in [4.78, 5) is 30.8. The molecule has 1 atom stereocenters. The van der Waals surface area contributed by atoms with Crippen molar-refractivity contribution in [1.82, 2.24) is 14.7 Å². The largest absolute Gasteiger partial charge is 0.304 e. The molecule has 0 aliphatic carbocycles. The highest BCUT2D eigenvalue weighted by Gasteiger charge is 2.25. The van der Waals surface area contributed by atoms with Crippen molar-refractivity contribution in [3.63, 3.8) is 0 Å².